The molecule has 0 aliphatic heterocycles. The Morgan fingerprint density at radius 1 is 0.660 bits per heavy atom. The Kier molecular flexibility index (Phi) is 9.24. The number of aromatic nitrogens is 4. The van der Waals surface area contributed by atoms with Gasteiger partial charge in [-0.15, -0.1) is 22.7 Å². The minimum atomic E-state index is -4.29. The van der Waals surface area contributed by atoms with Crippen LogP contribution in [0.1, 0.15) is 75.2 Å². The summed E-state index contributed by atoms with van der Waals surface area (Å²) in [6, 6.07) is 19.7. The predicted molar refractivity (Wildman–Crippen MR) is 209 cm³/mol. The number of fused-ring (bicyclic) bond motifs is 6. The second-order valence-corrected chi connectivity index (χ2v) is 19.0. The van der Waals surface area contributed by atoms with Crippen molar-refractivity contribution in [2.24, 2.45) is 0 Å². The van der Waals surface area contributed by atoms with Crippen LogP contribution < -0.4 is 0 Å². The number of allylic oxidation sites excluding steroid dienone is 2. The first-order chi connectivity index (χ1) is 25.3. The molecule has 0 spiro atoms. The van der Waals surface area contributed by atoms with E-state index in [1.54, 1.807) is 12.1 Å². The smallest absolute Gasteiger partial charge is 0.281 e. The number of aryl methyl sites for hydroxylation is 2. The average Bonchev–Trinajstić information content (AvgIpc) is 3.92. The molecule has 0 radical (unpaired) electrons. The maximum absolute atomic E-state index is 11.9. The molecule has 0 saturated carbocycles. The van der Waals surface area contributed by atoms with Gasteiger partial charge < -0.3 is 0 Å². The predicted octanol–water partition coefficient (Wildman–Crippen LogP) is 8.45. The van der Waals surface area contributed by atoms with Crippen LogP contribution in [0.2, 0.25) is 0 Å². The highest BCUT2D eigenvalue weighted by molar-refractivity contribution is 7.88. The zero-order chi connectivity index (χ0) is 37.1. The third-order valence-corrected chi connectivity index (χ3v) is 14.6. The fourth-order valence-corrected chi connectivity index (χ4v) is 10.9. The van der Waals surface area contributed by atoms with Crippen LogP contribution in [0.15, 0.2) is 81.2 Å². The Bertz CT molecular complexity index is 2480. The van der Waals surface area contributed by atoms with Gasteiger partial charge in [-0.25, -0.2) is 0 Å². The fourth-order valence-electron chi connectivity index (χ4n) is 6.97. The quantitative estimate of drug-likeness (QED) is 0.0928. The van der Waals surface area contributed by atoms with Crippen molar-refractivity contribution in [1.29, 1.82) is 0 Å². The largest absolute Gasteiger partial charge is 0.304 e. The molecule has 2 aliphatic rings. The van der Waals surface area contributed by atoms with Crippen molar-refractivity contribution < 1.29 is 25.9 Å². The molecule has 0 unspecified atom stereocenters. The summed E-state index contributed by atoms with van der Waals surface area (Å²) in [6.07, 6.45) is 12.0. The van der Waals surface area contributed by atoms with Crippen LogP contribution >= 0.6 is 22.7 Å². The molecule has 2 aromatic carbocycles. The van der Waals surface area contributed by atoms with E-state index in [9.17, 15) is 25.9 Å². The van der Waals surface area contributed by atoms with Gasteiger partial charge in [0.15, 0.2) is 0 Å². The van der Waals surface area contributed by atoms with E-state index >= 15 is 0 Å². The molecule has 0 fully saturated rings. The Balaban J connectivity index is 0.978. The monoisotopic (exact) mass is 784 g/mol. The summed E-state index contributed by atoms with van der Waals surface area (Å²) < 4.78 is 70.7. The summed E-state index contributed by atoms with van der Waals surface area (Å²) in [6.45, 7) is 5.17. The lowest BCUT2D eigenvalue weighted by atomic mass is 10.1. The van der Waals surface area contributed by atoms with Gasteiger partial charge >= 0.3 is 20.2 Å². The molecule has 0 bridgehead atoms. The molecular formula is C39H36N4O6S4. The molecular weight excluding hydrogens is 749 g/mol. The van der Waals surface area contributed by atoms with Gasteiger partial charge in [0.05, 0.1) is 45.6 Å². The summed E-state index contributed by atoms with van der Waals surface area (Å²) in [5.74, 6) is 0. The Hall–Kier alpha value is -4.44. The van der Waals surface area contributed by atoms with Crippen molar-refractivity contribution in [3.63, 3.8) is 0 Å². The minimum absolute atomic E-state index is 0.0493. The fraction of sp³-hybridized carbons (Fsp3) is 0.231. The van der Waals surface area contributed by atoms with E-state index in [-0.39, 0.29) is 8.42 Å². The number of thiophene rings is 2. The lowest BCUT2D eigenvalue weighted by Gasteiger charge is -2.06. The maximum atomic E-state index is 11.9. The molecule has 14 heteroatoms. The van der Waals surface area contributed by atoms with Crippen LogP contribution in [0.4, 0.5) is 0 Å². The molecule has 2 aliphatic carbocycles. The molecule has 4 heterocycles. The van der Waals surface area contributed by atoms with Gasteiger partial charge in [0, 0.05) is 24.0 Å². The zero-order valence-corrected chi connectivity index (χ0v) is 32.2. The van der Waals surface area contributed by atoms with E-state index in [0.29, 0.717) is 25.9 Å². The maximum Gasteiger partial charge on any atom is 0.304 e. The van der Waals surface area contributed by atoms with Crippen LogP contribution in [0.5, 0.6) is 0 Å². The molecule has 53 heavy (non-hydrogen) atoms. The minimum Gasteiger partial charge on any atom is -0.281 e. The van der Waals surface area contributed by atoms with Crippen molar-refractivity contribution >= 4 is 55.1 Å². The van der Waals surface area contributed by atoms with Crippen LogP contribution in [0.3, 0.4) is 0 Å². The van der Waals surface area contributed by atoms with Gasteiger partial charge in [-0.05, 0) is 79.6 Å². The summed E-state index contributed by atoms with van der Waals surface area (Å²) in [7, 11) is -8.58. The van der Waals surface area contributed by atoms with Gasteiger partial charge in [-0.3, -0.25) is 18.5 Å². The number of unbranched alkanes of at least 4 members (excludes halogenated alkanes) is 2. The standard InChI is InChI=1S/C39H36N4O6S4/c1-24-10-14-26(15-11-24)22-42-36-30(18-28-20-34(50-38(28)36)52(44,45)46)32(40-42)8-6-4-3-5-7-9-33-31-19-29-21-35(53(47,48)49)51-39(29)37(31)43(41-33)23-27-16-12-25(2)13-17-27/h6-17,20-21H,3-5,18-19,22-23H2,1-2H3,(H,44,45,46)(H,47,48,49)/b8-6+,9-7+. The van der Waals surface area contributed by atoms with E-state index in [1.165, 1.54) is 11.1 Å². The third-order valence-electron chi connectivity index (χ3n) is 9.61. The lowest BCUT2D eigenvalue weighted by molar-refractivity contribution is 0.483. The summed E-state index contributed by atoms with van der Waals surface area (Å²) in [5, 5.41) is 9.90. The van der Waals surface area contributed by atoms with E-state index in [0.717, 1.165) is 108 Å². The molecule has 0 atom stereocenters. The van der Waals surface area contributed by atoms with Gasteiger partial charge in [0.1, 0.15) is 8.42 Å². The van der Waals surface area contributed by atoms with E-state index in [2.05, 4.69) is 60.7 Å². The van der Waals surface area contributed by atoms with Crippen LogP contribution in [-0.2, 0) is 46.2 Å². The second kappa shape index (κ2) is 13.8. The van der Waals surface area contributed by atoms with Crippen molar-refractivity contribution in [2.45, 2.75) is 67.5 Å². The van der Waals surface area contributed by atoms with Crippen molar-refractivity contribution in [3.8, 4) is 21.1 Å². The normalized spacial score (nSPS) is 13.7. The Labute approximate surface area is 316 Å². The van der Waals surface area contributed by atoms with Crippen LogP contribution in [0.25, 0.3) is 33.3 Å². The molecule has 8 rings (SSSR count). The van der Waals surface area contributed by atoms with Crippen molar-refractivity contribution in [1.82, 2.24) is 19.6 Å². The van der Waals surface area contributed by atoms with Crippen molar-refractivity contribution in [3.05, 3.63) is 129 Å². The SMILES string of the molecule is Cc1ccc(Cn2nc(/C=C/CCC/C=C/c3nn(Cc4ccc(C)cc4)c4c3Cc3cc(S(=O)(=O)O)sc3-4)c3c2-c2sc(S(=O)(=O)O)cc2C3)cc1. The molecule has 0 amide bonds. The molecule has 2 N–H and O–H groups in total. The highest BCUT2D eigenvalue weighted by Crippen LogP contribution is 2.47. The molecule has 4 aromatic heterocycles. The van der Waals surface area contributed by atoms with Gasteiger partial charge in [0.25, 0.3) is 0 Å². The number of nitrogens with zero attached hydrogens (tertiary/aromatic N) is 4. The first kappa shape index (κ1) is 35.6. The van der Waals surface area contributed by atoms with E-state index in [1.807, 2.05) is 35.4 Å². The van der Waals surface area contributed by atoms with Crippen molar-refractivity contribution in [2.75, 3.05) is 0 Å². The first-order valence-corrected chi connectivity index (χ1v) is 21.7. The topological polar surface area (TPSA) is 144 Å². The summed E-state index contributed by atoms with van der Waals surface area (Å²) in [4.78, 5) is 1.66. The number of hydrogen-bond donors (Lipinski definition) is 2. The summed E-state index contributed by atoms with van der Waals surface area (Å²) in [5.41, 5.74) is 11.9. The van der Waals surface area contributed by atoms with Gasteiger partial charge in [-0.1, -0.05) is 71.8 Å². The summed E-state index contributed by atoms with van der Waals surface area (Å²) >= 11 is 2.17. The van der Waals surface area contributed by atoms with Gasteiger partial charge in [0.2, 0.25) is 0 Å². The first-order valence-electron chi connectivity index (χ1n) is 17.2. The third kappa shape index (κ3) is 7.14. The van der Waals surface area contributed by atoms with Crippen LogP contribution in [-0.4, -0.2) is 45.5 Å². The van der Waals surface area contributed by atoms with E-state index < -0.39 is 20.2 Å². The highest BCUT2D eigenvalue weighted by Gasteiger charge is 2.33. The number of rotatable bonds is 12. The number of benzene rings is 2. The highest BCUT2D eigenvalue weighted by atomic mass is 32.3. The second-order valence-electron chi connectivity index (χ2n) is 13.6. The molecule has 0 saturated heterocycles. The Morgan fingerprint density at radius 2 is 1.06 bits per heavy atom. The van der Waals surface area contributed by atoms with Gasteiger partial charge in [-0.2, -0.15) is 27.0 Å². The Morgan fingerprint density at radius 3 is 1.43 bits per heavy atom. The average molecular weight is 785 g/mol. The molecule has 6 aromatic rings. The molecule has 10 nitrogen and oxygen atoms in total. The van der Waals surface area contributed by atoms with Crippen LogP contribution in [0, 0.1) is 13.8 Å². The number of hydrogen-bond acceptors (Lipinski definition) is 8. The molecule has 272 valence electrons. The zero-order valence-electron chi connectivity index (χ0n) is 29.0. The van der Waals surface area contributed by atoms with E-state index in [4.69, 9.17) is 10.2 Å². The lowest BCUT2D eigenvalue weighted by Crippen LogP contribution is -2.03.